The molecule has 0 bridgehead atoms. The summed E-state index contributed by atoms with van der Waals surface area (Å²) in [5, 5.41) is 0. The van der Waals surface area contributed by atoms with Crippen molar-refractivity contribution in [3.05, 3.63) is 0 Å². The minimum absolute atomic E-state index is 0. The molecule has 3 nitrogen and oxygen atoms in total. The Bertz CT molecular complexity index is 233. The first-order valence-electron chi connectivity index (χ1n) is 4.65. The second-order valence-electron chi connectivity index (χ2n) is 4.82. The lowest BCUT2D eigenvalue weighted by Crippen LogP contribution is -2.67. The van der Waals surface area contributed by atoms with Gasteiger partial charge in [0.2, 0.25) is 0 Å². The van der Waals surface area contributed by atoms with Crippen LogP contribution < -0.4 is 0 Å². The molecule has 0 radical (unpaired) electrons. The fourth-order valence-corrected chi connectivity index (χ4v) is 1.58. The number of nitrogens with zero attached hydrogens (tertiary/aromatic N) is 1. The van der Waals surface area contributed by atoms with Gasteiger partial charge in [-0.25, -0.2) is 0 Å². The Hall–Kier alpha value is -0.570. The number of carbonyl (C=O) groups is 1. The molecule has 0 saturated carbocycles. The number of rotatable bonds is 0. The second-order valence-corrected chi connectivity index (χ2v) is 4.82. The molecular weight excluding hydrogens is 178 g/mol. The van der Waals surface area contributed by atoms with E-state index in [0.29, 0.717) is 0 Å². The number of hydrogen-bond acceptors (Lipinski definition) is 3. The van der Waals surface area contributed by atoms with E-state index in [1.54, 1.807) is 0 Å². The molecule has 1 atom stereocenters. The van der Waals surface area contributed by atoms with Gasteiger partial charge >= 0.3 is 5.97 Å². The average Bonchev–Trinajstić information content (AvgIpc) is 2.00. The van der Waals surface area contributed by atoms with Gasteiger partial charge < -0.3 is 4.74 Å². The predicted molar refractivity (Wildman–Crippen MR) is 58.2 cm³/mol. The van der Waals surface area contributed by atoms with Crippen LogP contribution in [0.2, 0.25) is 0 Å². The van der Waals surface area contributed by atoms with Gasteiger partial charge in [-0.2, -0.15) is 0 Å². The van der Waals surface area contributed by atoms with Gasteiger partial charge in [-0.1, -0.05) is 7.43 Å². The summed E-state index contributed by atoms with van der Waals surface area (Å²) in [6.45, 7) is 9.90. The third-order valence-electron chi connectivity index (χ3n) is 3.48. The molecule has 1 aliphatic heterocycles. The van der Waals surface area contributed by atoms with Crippen LogP contribution in [0.5, 0.6) is 0 Å². The SMILES string of the molecule is C.CC1OC(=O)C(C)(C)N(C)C1(C)C. The minimum atomic E-state index is -0.518. The normalized spacial score (nSPS) is 30.4. The lowest BCUT2D eigenvalue weighted by Gasteiger charge is -2.51. The zero-order chi connectivity index (χ0) is 10.4. The molecule has 1 heterocycles. The van der Waals surface area contributed by atoms with Gasteiger partial charge in [0, 0.05) is 0 Å². The third-order valence-corrected chi connectivity index (χ3v) is 3.48. The van der Waals surface area contributed by atoms with Crippen LogP contribution in [0.15, 0.2) is 0 Å². The molecule has 0 amide bonds. The van der Waals surface area contributed by atoms with Crippen molar-refractivity contribution in [1.82, 2.24) is 4.90 Å². The summed E-state index contributed by atoms with van der Waals surface area (Å²) < 4.78 is 5.31. The van der Waals surface area contributed by atoms with Gasteiger partial charge in [0.25, 0.3) is 0 Å². The highest BCUT2D eigenvalue weighted by Crippen LogP contribution is 2.33. The van der Waals surface area contributed by atoms with Crippen molar-refractivity contribution in [2.75, 3.05) is 7.05 Å². The van der Waals surface area contributed by atoms with Crippen molar-refractivity contribution in [1.29, 1.82) is 0 Å². The van der Waals surface area contributed by atoms with Crippen LogP contribution in [-0.4, -0.2) is 35.1 Å². The van der Waals surface area contributed by atoms with E-state index in [1.807, 2.05) is 27.8 Å². The first-order chi connectivity index (χ1) is 5.70. The molecule has 0 aromatic heterocycles. The van der Waals surface area contributed by atoms with Crippen molar-refractivity contribution in [2.45, 2.75) is 59.2 Å². The molecule has 14 heavy (non-hydrogen) atoms. The number of esters is 1. The molecule has 0 aromatic rings. The summed E-state index contributed by atoms with van der Waals surface area (Å²) in [6, 6.07) is 0. The summed E-state index contributed by atoms with van der Waals surface area (Å²) >= 11 is 0. The van der Waals surface area contributed by atoms with Gasteiger partial charge in [-0.3, -0.25) is 9.69 Å². The van der Waals surface area contributed by atoms with Crippen molar-refractivity contribution in [3.8, 4) is 0 Å². The summed E-state index contributed by atoms with van der Waals surface area (Å²) in [6.07, 6.45) is -0.0574. The standard InChI is InChI=1S/C10H19NO2.CH4/c1-7-9(2,3)11(6)10(4,5)8(12)13-7;/h7H,1-6H3;1H4. The van der Waals surface area contributed by atoms with Crippen LogP contribution in [0.3, 0.4) is 0 Å². The van der Waals surface area contributed by atoms with Gasteiger partial charge in [-0.05, 0) is 41.7 Å². The molecule has 1 fully saturated rings. The highest BCUT2D eigenvalue weighted by molar-refractivity contribution is 5.81. The zero-order valence-corrected chi connectivity index (χ0v) is 9.34. The van der Waals surface area contributed by atoms with Crippen LogP contribution >= 0.6 is 0 Å². The van der Waals surface area contributed by atoms with Crippen LogP contribution in [0, 0.1) is 0 Å². The Morgan fingerprint density at radius 2 is 1.71 bits per heavy atom. The summed E-state index contributed by atoms with van der Waals surface area (Å²) in [7, 11) is 1.97. The van der Waals surface area contributed by atoms with E-state index in [4.69, 9.17) is 4.74 Å². The fourth-order valence-electron chi connectivity index (χ4n) is 1.58. The van der Waals surface area contributed by atoms with Crippen LogP contribution in [0.1, 0.15) is 42.0 Å². The number of ether oxygens (including phenoxy) is 1. The van der Waals surface area contributed by atoms with E-state index < -0.39 is 5.54 Å². The molecule has 1 unspecified atom stereocenters. The topological polar surface area (TPSA) is 29.5 Å². The molecule has 1 aliphatic rings. The van der Waals surface area contributed by atoms with Gasteiger partial charge in [0.1, 0.15) is 11.6 Å². The largest absolute Gasteiger partial charge is 0.459 e. The van der Waals surface area contributed by atoms with E-state index in [2.05, 4.69) is 18.7 Å². The van der Waals surface area contributed by atoms with E-state index in [0.717, 1.165) is 0 Å². The fraction of sp³-hybridized carbons (Fsp3) is 0.909. The van der Waals surface area contributed by atoms with Gasteiger partial charge in [0.05, 0.1) is 5.54 Å². The molecule has 3 heteroatoms. The third kappa shape index (κ3) is 1.65. The molecule has 1 rings (SSSR count). The maximum Gasteiger partial charge on any atom is 0.326 e. The first kappa shape index (κ1) is 13.4. The summed E-state index contributed by atoms with van der Waals surface area (Å²) in [5.41, 5.74) is -0.618. The van der Waals surface area contributed by atoms with Crippen LogP contribution in [0.4, 0.5) is 0 Å². The highest BCUT2D eigenvalue weighted by atomic mass is 16.6. The van der Waals surface area contributed by atoms with E-state index >= 15 is 0 Å². The van der Waals surface area contributed by atoms with Crippen molar-refractivity contribution in [3.63, 3.8) is 0 Å². The Morgan fingerprint density at radius 3 is 2.14 bits per heavy atom. The Labute approximate surface area is 87.4 Å². The van der Waals surface area contributed by atoms with E-state index in [-0.39, 0.29) is 25.0 Å². The molecule has 84 valence electrons. The lowest BCUT2D eigenvalue weighted by molar-refractivity contribution is -0.191. The summed E-state index contributed by atoms with van der Waals surface area (Å²) in [4.78, 5) is 13.6. The minimum Gasteiger partial charge on any atom is -0.459 e. The van der Waals surface area contributed by atoms with Crippen molar-refractivity contribution >= 4 is 5.97 Å². The van der Waals surface area contributed by atoms with Crippen LogP contribution in [-0.2, 0) is 9.53 Å². The number of cyclic esters (lactones) is 1. The predicted octanol–water partition coefficient (Wildman–Crippen LogP) is 2.06. The van der Waals surface area contributed by atoms with Crippen molar-refractivity contribution in [2.24, 2.45) is 0 Å². The molecule has 0 spiro atoms. The average molecular weight is 201 g/mol. The van der Waals surface area contributed by atoms with E-state index in [1.165, 1.54) is 0 Å². The second kappa shape index (κ2) is 3.54. The molecule has 0 N–H and O–H groups in total. The molecule has 0 aliphatic carbocycles. The smallest absolute Gasteiger partial charge is 0.326 e. The lowest BCUT2D eigenvalue weighted by atomic mass is 9.87. The molecule has 1 saturated heterocycles. The highest BCUT2D eigenvalue weighted by Gasteiger charge is 2.50. The molecular formula is C11H23NO2. The zero-order valence-electron chi connectivity index (χ0n) is 9.34. The Balaban J connectivity index is 0.00000169. The van der Waals surface area contributed by atoms with Crippen LogP contribution in [0.25, 0.3) is 0 Å². The number of hydrogen-bond donors (Lipinski definition) is 0. The maximum atomic E-state index is 11.6. The van der Waals surface area contributed by atoms with E-state index in [9.17, 15) is 4.79 Å². The Kier molecular flexibility index (Phi) is 3.39. The monoisotopic (exact) mass is 201 g/mol. The Morgan fingerprint density at radius 1 is 1.29 bits per heavy atom. The maximum absolute atomic E-state index is 11.6. The van der Waals surface area contributed by atoms with Gasteiger partial charge in [0.15, 0.2) is 0 Å². The summed E-state index contributed by atoms with van der Waals surface area (Å²) in [5.74, 6) is -0.137. The first-order valence-corrected chi connectivity index (χ1v) is 4.65. The van der Waals surface area contributed by atoms with Gasteiger partial charge in [-0.15, -0.1) is 0 Å². The quantitative estimate of drug-likeness (QED) is 0.562. The number of morpholine rings is 1. The molecule has 0 aromatic carbocycles. The van der Waals surface area contributed by atoms with Crippen molar-refractivity contribution < 1.29 is 9.53 Å². The number of carbonyl (C=O) groups excluding carboxylic acids is 1. The number of likely N-dealkylation sites (N-methyl/N-ethyl adjacent to an activating group) is 1.